The van der Waals surface area contributed by atoms with Crippen LogP contribution in [0.3, 0.4) is 0 Å². The third-order valence-corrected chi connectivity index (χ3v) is 4.17. The van der Waals surface area contributed by atoms with E-state index in [0.29, 0.717) is 0 Å². The molecule has 0 N–H and O–H groups in total. The molecule has 17 heavy (non-hydrogen) atoms. The summed E-state index contributed by atoms with van der Waals surface area (Å²) in [6.45, 7) is 6.18. The Morgan fingerprint density at radius 2 is 1.71 bits per heavy atom. The van der Waals surface area contributed by atoms with Gasteiger partial charge in [-0.05, 0) is 66.7 Å². The molecule has 2 rings (SSSR count). The van der Waals surface area contributed by atoms with Crippen LogP contribution in [-0.4, -0.2) is 49.6 Å². The van der Waals surface area contributed by atoms with Crippen molar-refractivity contribution in [3.63, 3.8) is 0 Å². The van der Waals surface area contributed by atoms with Crippen molar-refractivity contribution >= 4 is 22.6 Å². The van der Waals surface area contributed by atoms with Gasteiger partial charge in [0.15, 0.2) is 0 Å². The highest BCUT2D eigenvalue weighted by Gasteiger charge is 2.12. The highest BCUT2D eigenvalue weighted by Crippen LogP contribution is 2.09. The fourth-order valence-electron chi connectivity index (χ4n) is 2.23. The second-order valence-corrected chi connectivity index (χ2v) is 6.12. The van der Waals surface area contributed by atoms with E-state index >= 15 is 0 Å². The Morgan fingerprint density at radius 3 is 2.35 bits per heavy atom. The molecule has 1 aliphatic heterocycles. The van der Waals surface area contributed by atoms with E-state index in [1.165, 1.54) is 54.7 Å². The van der Waals surface area contributed by atoms with Crippen LogP contribution in [0.2, 0.25) is 0 Å². The van der Waals surface area contributed by atoms with Gasteiger partial charge in [-0.2, -0.15) is 0 Å². The minimum absolute atomic E-state index is 1.21. The summed E-state index contributed by atoms with van der Waals surface area (Å²) < 4.78 is 1.32. The van der Waals surface area contributed by atoms with Gasteiger partial charge in [0.2, 0.25) is 0 Å². The van der Waals surface area contributed by atoms with Gasteiger partial charge in [-0.25, -0.2) is 0 Å². The first-order valence-corrected chi connectivity index (χ1v) is 7.47. The number of likely N-dealkylation sites (N-methyl/N-ethyl adjacent to an activating group) is 1. The average Bonchev–Trinajstić information content (AvgIpc) is 2.34. The molecule has 1 saturated heterocycles. The van der Waals surface area contributed by atoms with Crippen molar-refractivity contribution in [2.75, 3.05) is 39.8 Å². The number of hydrogen-bond acceptors (Lipinski definition) is 2. The van der Waals surface area contributed by atoms with Gasteiger partial charge in [-0.1, -0.05) is 12.1 Å². The van der Waals surface area contributed by atoms with Crippen LogP contribution in [0, 0.1) is 3.57 Å². The topological polar surface area (TPSA) is 6.48 Å². The Bertz CT molecular complexity index is 329. The maximum atomic E-state index is 2.59. The molecule has 0 radical (unpaired) electrons. The summed E-state index contributed by atoms with van der Waals surface area (Å²) in [4.78, 5) is 5.00. The molecule has 0 aromatic heterocycles. The molecule has 0 amide bonds. The minimum atomic E-state index is 1.21. The van der Waals surface area contributed by atoms with E-state index in [0.717, 1.165) is 0 Å². The van der Waals surface area contributed by atoms with Crippen LogP contribution in [0.15, 0.2) is 24.3 Å². The van der Waals surface area contributed by atoms with Gasteiger partial charge in [0, 0.05) is 29.7 Å². The predicted octanol–water partition coefficient (Wildman–Crippen LogP) is 2.47. The fraction of sp³-hybridized carbons (Fsp3) is 0.571. The molecule has 0 atom stereocenters. The number of benzene rings is 1. The zero-order valence-corrected chi connectivity index (χ0v) is 12.7. The highest BCUT2D eigenvalue weighted by atomic mass is 127. The number of aryl methyl sites for hydroxylation is 1. The van der Waals surface area contributed by atoms with Gasteiger partial charge < -0.3 is 9.80 Å². The molecule has 3 heteroatoms. The normalized spacial score (nSPS) is 18.5. The molecule has 0 spiro atoms. The first-order valence-electron chi connectivity index (χ1n) is 6.39. The number of hydrogen-bond donors (Lipinski definition) is 0. The molecule has 94 valence electrons. The summed E-state index contributed by atoms with van der Waals surface area (Å²) in [5.74, 6) is 0. The van der Waals surface area contributed by atoms with Crippen LogP contribution < -0.4 is 0 Å². The predicted molar refractivity (Wildman–Crippen MR) is 81.4 cm³/mol. The molecule has 0 bridgehead atoms. The van der Waals surface area contributed by atoms with E-state index in [4.69, 9.17) is 0 Å². The number of halogens is 1. The van der Waals surface area contributed by atoms with Gasteiger partial charge >= 0.3 is 0 Å². The van der Waals surface area contributed by atoms with E-state index in [1.807, 2.05) is 0 Å². The van der Waals surface area contributed by atoms with Crippen molar-refractivity contribution in [2.24, 2.45) is 0 Å². The van der Waals surface area contributed by atoms with Gasteiger partial charge in [0.05, 0.1) is 0 Å². The van der Waals surface area contributed by atoms with Crippen LogP contribution in [0.25, 0.3) is 0 Å². The third kappa shape index (κ3) is 4.56. The molecule has 1 aliphatic rings. The van der Waals surface area contributed by atoms with E-state index in [9.17, 15) is 0 Å². The lowest BCUT2D eigenvalue weighted by atomic mass is 10.1. The second kappa shape index (κ2) is 6.71. The maximum Gasteiger partial charge on any atom is 0.0130 e. The fourth-order valence-corrected chi connectivity index (χ4v) is 2.59. The summed E-state index contributed by atoms with van der Waals surface area (Å²) >= 11 is 2.36. The maximum absolute atomic E-state index is 2.59. The monoisotopic (exact) mass is 344 g/mol. The number of rotatable bonds is 4. The first kappa shape index (κ1) is 13.3. The van der Waals surface area contributed by atoms with Crippen LogP contribution in [-0.2, 0) is 6.42 Å². The standard InChI is InChI=1S/C14H21IN2/c1-16-9-11-17(12-10-16)8-2-3-13-4-6-14(15)7-5-13/h4-7H,2-3,8-12H2,1H3. The summed E-state index contributed by atoms with van der Waals surface area (Å²) in [7, 11) is 2.21. The largest absolute Gasteiger partial charge is 0.304 e. The van der Waals surface area contributed by atoms with E-state index in [2.05, 4.69) is 63.7 Å². The molecule has 0 unspecified atom stereocenters. The van der Waals surface area contributed by atoms with E-state index in [-0.39, 0.29) is 0 Å². The minimum Gasteiger partial charge on any atom is -0.304 e. The Labute approximate surface area is 118 Å². The van der Waals surface area contributed by atoms with E-state index < -0.39 is 0 Å². The van der Waals surface area contributed by atoms with Crippen molar-refractivity contribution in [1.82, 2.24) is 9.80 Å². The van der Waals surface area contributed by atoms with Crippen molar-refractivity contribution in [3.8, 4) is 0 Å². The summed E-state index contributed by atoms with van der Waals surface area (Å²) in [5.41, 5.74) is 1.47. The molecule has 0 aliphatic carbocycles. The number of nitrogens with zero attached hydrogens (tertiary/aromatic N) is 2. The van der Waals surface area contributed by atoms with Gasteiger partial charge in [-0.3, -0.25) is 0 Å². The lowest BCUT2D eigenvalue weighted by Gasteiger charge is -2.32. The third-order valence-electron chi connectivity index (χ3n) is 3.45. The highest BCUT2D eigenvalue weighted by molar-refractivity contribution is 14.1. The smallest absolute Gasteiger partial charge is 0.0130 e. The van der Waals surface area contributed by atoms with Gasteiger partial charge in [-0.15, -0.1) is 0 Å². The van der Waals surface area contributed by atoms with Crippen molar-refractivity contribution in [1.29, 1.82) is 0 Å². The molecule has 1 heterocycles. The van der Waals surface area contributed by atoms with Crippen LogP contribution in [0.1, 0.15) is 12.0 Å². The zero-order valence-electron chi connectivity index (χ0n) is 10.5. The first-order chi connectivity index (χ1) is 8.24. The van der Waals surface area contributed by atoms with Crippen LogP contribution >= 0.6 is 22.6 Å². The summed E-state index contributed by atoms with van der Waals surface area (Å²) in [6.07, 6.45) is 2.49. The van der Waals surface area contributed by atoms with Crippen molar-refractivity contribution in [2.45, 2.75) is 12.8 Å². The molecule has 0 saturated carbocycles. The van der Waals surface area contributed by atoms with Gasteiger partial charge in [0.1, 0.15) is 0 Å². The molecule has 1 aromatic carbocycles. The Hall–Kier alpha value is -0.130. The second-order valence-electron chi connectivity index (χ2n) is 4.87. The van der Waals surface area contributed by atoms with Crippen molar-refractivity contribution in [3.05, 3.63) is 33.4 Å². The molecular formula is C14H21IN2. The lowest BCUT2D eigenvalue weighted by molar-refractivity contribution is 0.153. The van der Waals surface area contributed by atoms with Crippen LogP contribution in [0.5, 0.6) is 0 Å². The van der Waals surface area contributed by atoms with E-state index in [1.54, 1.807) is 0 Å². The summed E-state index contributed by atoms with van der Waals surface area (Å²) in [5, 5.41) is 0. The Morgan fingerprint density at radius 1 is 1.06 bits per heavy atom. The number of piperazine rings is 1. The van der Waals surface area contributed by atoms with Crippen molar-refractivity contribution < 1.29 is 0 Å². The molecule has 1 fully saturated rings. The molecule has 1 aromatic rings. The average molecular weight is 344 g/mol. The quantitative estimate of drug-likeness (QED) is 0.775. The SMILES string of the molecule is CN1CCN(CCCc2ccc(I)cc2)CC1. The Balaban J connectivity index is 1.67. The van der Waals surface area contributed by atoms with Crippen LogP contribution in [0.4, 0.5) is 0 Å². The van der Waals surface area contributed by atoms with Gasteiger partial charge in [0.25, 0.3) is 0 Å². The molecular weight excluding hydrogens is 323 g/mol. The lowest BCUT2D eigenvalue weighted by Crippen LogP contribution is -2.44. The summed E-state index contributed by atoms with van der Waals surface area (Å²) in [6, 6.07) is 8.91. The molecule has 2 nitrogen and oxygen atoms in total. The zero-order chi connectivity index (χ0) is 12.1. The Kier molecular flexibility index (Phi) is 5.25.